The average Bonchev–Trinajstić information content (AvgIpc) is 3.30. The van der Waals surface area contributed by atoms with Gasteiger partial charge in [0, 0.05) is 17.8 Å². The lowest BCUT2D eigenvalue weighted by atomic mass is 10.00. The van der Waals surface area contributed by atoms with Crippen molar-refractivity contribution in [2.24, 2.45) is 0 Å². The van der Waals surface area contributed by atoms with Crippen LogP contribution in [0.4, 0.5) is 22.0 Å². The normalized spacial score (nSPS) is 13.2. The molecule has 10 heteroatoms. The molecule has 3 aromatic rings. The predicted octanol–water partition coefficient (Wildman–Crippen LogP) is 8.43. The number of hydrogen-bond acceptors (Lipinski definition) is 4. The summed E-state index contributed by atoms with van der Waals surface area (Å²) in [6, 6.07) is 10.4. The molecular weight excluding hydrogens is 529 g/mol. The third-order valence-corrected chi connectivity index (χ3v) is 6.11. The lowest BCUT2D eigenvalue weighted by Crippen LogP contribution is -2.07. The zero-order valence-electron chi connectivity index (χ0n) is 20.7. The number of carbonyl (C=O) groups excluding carboxylic acids is 1. The number of pyridine rings is 1. The van der Waals surface area contributed by atoms with Crippen molar-refractivity contribution in [1.82, 2.24) is 4.98 Å². The minimum absolute atomic E-state index is 0.0164. The van der Waals surface area contributed by atoms with Gasteiger partial charge in [0.2, 0.25) is 5.88 Å². The van der Waals surface area contributed by atoms with Crippen LogP contribution in [0.3, 0.4) is 0 Å². The maximum absolute atomic E-state index is 13.6. The number of carbonyl (C=O) groups is 1. The molecule has 0 bridgehead atoms. The molecule has 0 amide bonds. The average molecular weight is 554 g/mol. The zero-order valence-corrected chi connectivity index (χ0v) is 21.4. The summed E-state index contributed by atoms with van der Waals surface area (Å²) in [5.41, 5.74) is 3.19. The van der Waals surface area contributed by atoms with Gasteiger partial charge in [0.05, 0.1) is 22.8 Å². The van der Waals surface area contributed by atoms with Gasteiger partial charge < -0.3 is 9.47 Å². The SMILES string of the molecule is CCOC(=O)c1cc(C2=C(C)CCC2)ccc1F.Fc1ccc(COc2ccc(C(F)(F)F)cn2)c(Cl)c1. The van der Waals surface area contributed by atoms with Gasteiger partial charge >= 0.3 is 12.1 Å². The Balaban J connectivity index is 0.000000212. The molecule has 1 heterocycles. The molecule has 0 radical (unpaired) electrons. The largest absolute Gasteiger partial charge is 0.473 e. The smallest absolute Gasteiger partial charge is 0.417 e. The molecule has 0 saturated heterocycles. The van der Waals surface area contributed by atoms with Crippen LogP contribution in [0, 0.1) is 11.6 Å². The van der Waals surface area contributed by atoms with Gasteiger partial charge in [0.15, 0.2) is 0 Å². The van der Waals surface area contributed by atoms with Gasteiger partial charge in [-0.1, -0.05) is 29.3 Å². The Morgan fingerprint density at radius 2 is 1.82 bits per heavy atom. The number of benzene rings is 2. The first-order chi connectivity index (χ1) is 18.0. The summed E-state index contributed by atoms with van der Waals surface area (Å²) in [5, 5.41) is 0.178. The lowest BCUT2D eigenvalue weighted by molar-refractivity contribution is -0.137. The Morgan fingerprint density at radius 1 is 1.05 bits per heavy atom. The summed E-state index contributed by atoms with van der Waals surface area (Å²) in [6.45, 7) is 4.04. The van der Waals surface area contributed by atoms with E-state index in [-0.39, 0.29) is 29.7 Å². The third-order valence-electron chi connectivity index (χ3n) is 5.76. The molecule has 1 aliphatic rings. The van der Waals surface area contributed by atoms with Crippen molar-refractivity contribution in [1.29, 1.82) is 0 Å². The summed E-state index contributed by atoms with van der Waals surface area (Å²) < 4.78 is 73.5. The number of alkyl halides is 3. The van der Waals surface area contributed by atoms with Gasteiger partial charge in [0.25, 0.3) is 0 Å². The highest BCUT2D eigenvalue weighted by molar-refractivity contribution is 6.31. The fourth-order valence-electron chi connectivity index (χ4n) is 3.79. The van der Waals surface area contributed by atoms with Crippen LogP contribution in [0.5, 0.6) is 5.88 Å². The van der Waals surface area contributed by atoms with E-state index in [1.165, 1.54) is 29.3 Å². The Labute approximate surface area is 222 Å². The third kappa shape index (κ3) is 7.77. The number of halogens is 6. The first-order valence-electron chi connectivity index (χ1n) is 11.7. The van der Waals surface area contributed by atoms with Crippen molar-refractivity contribution in [3.8, 4) is 5.88 Å². The van der Waals surface area contributed by atoms with Gasteiger partial charge in [-0.25, -0.2) is 18.6 Å². The fraction of sp³-hybridized carbons (Fsp3) is 0.286. The van der Waals surface area contributed by atoms with E-state index in [0.717, 1.165) is 43.0 Å². The molecule has 38 heavy (non-hydrogen) atoms. The highest BCUT2D eigenvalue weighted by Crippen LogP contribution is 2.34. The number of allylic oxidation sites excluding steroid dienone is 2. The molecule has 0 fully saturated rings. The second-order valence-electron chi connectivity index (χ2n) is 8.43. The summed E-state index contributed by atoms with van der Waals surface area (Å²) >= 11 is 5.79. The molecule has 4 nitrogen and oxygen atoms in total. The zero-order chi connectivity index (χ0) is 27.9. The topological polar surface area (TPSA) is 48.4 Å². The quantitative estimate of drug-likeness (QED) is 0.227. The van der Waals surface area contributed by atoms with Crippen molar-refractivity contribution in [3.63, 3.8) is 0 Å². The molecule has 1 aromatic heterocycles. The molecule has 0 aliphatic heterocycles. The lowest BCUT2D eigenvalue weighted by Gasteiger charge is -2.09. The number of esters is 1. The summed E-state index contributed by atoms with van der Waals surface area (Å²) in [6.07, 6.45) is -0.540. The minimum atomic E-state index is -4.44. The van der Waals surface area contributed by atoms with Crippen molar-refractivity contribution in [2.75, 3.05) is 6.61 Å². The Hall–Kier alpha value is -3.46. The van der Waals surface area contributed by atoms with Crippen LogP contribution in [0.1, 0.15) is 60.2 Å². The summed E-state index contributed by atoms with van der Waals surface area (Å²) in [5.74, 6) is -1.56. The molecule has 0 unspecified atom stereocenters. The number of ether oxygens (including phenoxy) is 2. The highest BCUT2D eigenvalue weighted by atomic mass is 35.5. The van der Waals surface area contributed by atoms with E-state index in [1.807, 2.05) is 0 Å². The van der Waals surface area contributed by atoms with Crippen LogP contribution in [-0.2, 0) is 17.5 Å². The van der Waals surface area contributed by atoms with E-state index in [2.05, 4.69) is 11.9 Å². The van der Waals surface area contributed by atoms with Gasteiger partial charge in [-0.05, 0) is 74.6 Å². The molecule has 0 spiro atoms. The highest BCUT2D eigenvalue weighted by Gasteiger charge is 2.30. The Bertz CT molecular complexity index is 1310. The maximum Gasteiger partial charge on any atom is 0.417 e. The molecule has 1 aliphatic carbocycles. The fourth-order valence-corrected chi connectivity index (χ4v) is 4.01. The number of hydrogen-bond donors (Lipinski definition) is 0. The van der Waals surface area contributed by atoms with Gasteiger partial charge in [-0.15, -0.1) is 0 Å². The second kappa shape index (κ2) is 12.9. The molecule has 0 atom stereocenters. The molecular formula is C28H25ClF5NO3. The van der Waals surface area contributed by atoms with Crippen LogP contribution in [0.15, 0.2) is 60.3 Å². The number of aromatic nitrogens is 1. The van der Waals surface area contributed by atoms with Crippen LogP contribution in [-0.4, -0.2) is 17.6 Å². The standard InChI is InChI=1S/C15H17FO2.C13H8ClF4NO/c1-3-18-15(17)13-9-11(7-8-14(13)16)12-6-4-5-10(12)2;14-11-5-10(15)3-1-8(11)7-20-12-4-2-9(6-19-12)13(16,17)18/h7-9H,3-6H2,1-2H3;1-6H,7H2. The monoisotopic (exact) mass is 553 g/mol. The molecule has 202 valence electrons. The van der Waals surface area contributed by atoms with Crippen molar-refractivity contribution in [3.05, 3.63) is 99.2 Å². The Kier molecular flexibility index (Phi) is 9.85. The van der Waals surface area contributed by atoms with Gasteiger partial charge in [-0.2, -0.15) is 13.2 Å². The Morgan fingerprint density at radius 3 is 2.39 bits per heavy atom. The van der Waals surface area contributed by atoms with Crippen LogP contribution < -0.4 is 4.74 Å². The van der Waals surface area contributed by atoms with Crippen molar-refractivity contribution in [2.45, 2.75) is 45.9 Å². The van der Waals surface area contributed by atoms with E-state index in [9.17, 15) is 26.7 Å². The molecule has 0 N–H and O–H groups in total. The molecule has 0 saturated carbocycles. The van der Waals surface area contributed by atoms with E-state index in [4.69, 9.17) is 21.1 Å². The maximum atomic E-state index is 13.6. The van der Waals surface area contributed by atoms with E-state index in [0.29, 0.717) is 11.8 Å². The number of nitrogens with zero attached hydrogens (tertiary/aromatic N) is 1. The van der Waals surface area contributed by atoms with Crippen molar-refractivity contribution >= 4 is 23.1 Å². The van der Waals surface area contributed by atoms with Crippen LogP contribution >= 0.6 is 11.6 Å². The summed E-state index contributed by atoms with van der Waals surface area (Å²) in [4.78, 5) is 15.2. The number of rotatable bonds is 6. The van der Waals surface area contributed by atoms with Crippen LogP contribution in [0.2, 0.25) is 5.02 Å². The van der Waals surface area contributed by atoms with E-state index >= 15 is 0 Å². The summed E-state index contributed by atoms with van der Waals surface area (Å²) in [7, 11) is 0. The van der Waals surface area contributed by atoms with Gasteiger partial charge in [-0.3, -0.25) is 0 Å². The van der Waals surface area contributed by atoms with E-state index < -0.39 is 29.3 Å². The second-order valence-corrected chi connectivity index (χ2v) is 8.84. The molecule has 2 aromatic carbocycles. The predicted molar refractivity (Wildman–Crippen MR) is 134 cm³/mol. The first kappa shape index (κ1) is 29.1. The van der Waals surface area contributed by atoms with E-state index in [1.54, 1.807) is 19.1 Å². The first-order valence-corrected chi connectivity index (χ1v) is 12.1. The van der Waals surface area contributed by atoms with Crippen LogP contribution in [0.25, 0.3) is 5.57 Å². The minimum Gasteiger partial charge on any atom is -0.473 e. The van der Waals surface area contributed by atoms with Gasteiger partial charge in [0.1, 0.15) is 18.2 Å². The van der Waals surface area contributed by atoms with Crippen molar-refractivity contribution < 1.29 is 36.2 Å². The molecule has 4 rings (SSSR count).